The van der Waals surface area contributed by atoms with Crippen LogP contribution >= 0.6 is 0 Å². The van der Waals surface area contributed by atoms with Gasteiger partial charge in [-0.15, -0.1) is 0 Å². The summed E-state index contributed by atoms with van der Waals surface area (Å²) in [5.41, 5.74) is 0. The molecule has 0 aliphatic carbocycles. The Kier molecular flexibility index (Phi) is 6.09. The van der Waals surface area contributed by atoms with E-state index in [2.05, 4.69) is 16.6 Å². The summed E-state index contributed by atoms with van der Waals surface area (Å²) in [5.74, 6) is 0.389. The molecule has 0 saturated carbocycles. The summed E-state index contributed by atoms with van der Waals surface area (Å²) in [6.45, 7) is 6.44. The van der Waals surface area contributed by atoms with Crippen LogP contribution < -0.4 is 5.32 Å². The van der Waals surface area contributed by atoms with Crippen molar-refractivity contribution in [3.05, 3.63) is 12.3 Å². The molecular weight excluding hydrogens is 158 g/mol. The Morgan fingerprint density at radius 2 is 2.33 bits per heavy atom. The molecule has 4 heteroatoms. The van der Waals surface area contributed by atoms with E-state index in [1.807, 2.05) is 6.92 Å². The number of carbonyl (C=O) groups excluding carboxylic acids is 1. The Morgan fingerprint density at radius 1 is 1.67 bits per heavy atom. The molecule has 0 spiro atoms. The minimum absolute atomic E-state index is 0. The van der Waals surface area contributed by atoms with Crippen molar-refractivity contribution in [2.45, 2.75) is 6.92 Å². The second-order valence-corrected chi connectivity index (χ2v) is 2.18. The van der Waals surface area contributed by atoms with Gasteiger partial charge in [-0.25, -0.2) is 0 Å². The lowest BCUT2D eigenvalue weighted by atomic mass is 10.5. The molecule has 0 aromatic carbocycles. The normalized spacial score (nSPS) is 9.17. The third-order valence-corrected chi connectivity index (χ3v) is 1.11. The Balaban J connectivity index is 0. The minimum Gasteiger partial charge on any atom is -0.497 e. The molecular formula is C8H17NO3. The van der Waals surface area contributed by atoms with Crippen molar-refractivity contribution in [1.82, 2.24) is 5.32 Å². The average Bonchev–Trinajstić information content (AvgIpc) is 2.02. The Bertz CT molecular complexity index is 143. The zero-order valence-electron chi connectivity index (χ0n) is 7.55. The first-order valence-corrected chi connectivity index (χ1v) is 3.77. The van der Waals surface area contributed by atoms with Crippen molar-refractivity contribution in [3.63, 3.8) is 0 Å². The van der Waals surface area contributed by atoms with Crippen molar-refractivity contribution in [2.24, 2.45) is 0 Å². The molecule has 0 aliphatic rings. The highest BCUT2D eigenvalue weighted by molar-refractivity contribution is 5.77. The van der Waals surface area contributed by atoms with Crippen molar-refractivity contribution >= 4 is 5.91 Å². The summed E-state index contributed by atoms with van der Waals surface area (Å²) < 4.78 is 9.63. The monoisotopic (exact) mass is 175 g/mol. The smallest absolute Gasteiger partial charge is 0.246 e. The zero-order valence-corrected chi connectivity index (χ0v) is 7.55. The number of carbonyl (C=O) groups is 1. The molecule has 0 fully saturated rings. The van der Waals surface area contributed by atoms with E-state index in [4.69, 9.17) is 4.74 Å². The summed E-state index contributed by atoms with van der Waals surface area (Å²) in [6.07, 6.45) is 0. The third-order valence-electron chi connectivity index (χ3n) is 1.11. The van der Waals surface area contributed by atoms with Gasteiger partial charge in [-0.2, -0.15) is 0 Å². The fraction of sp³-hybridized carbons (Fsp3) is 0.625. The first-order chi connectivity index (χ1) is 5.70. The lowest BCUT2D eigenvalue weighted by Gasteiger charge is -2.07. The predicted octanol–water partition coefficient (Wildman–Crippen LogP) is 0.545. The van der Waals surface area contributed by atoms with Crippen LogP contribution in [0.3, 0.4) is 0 Å². The number of rotatable bonds is 6. The highest BCUT2D eigenvalue weighted by Gasteiger charge is 1.99. The molecule has 1 amide bonds. The summed E-state index contributed by atoms with van der Waals surface area (Å²) in [4.78, 5) is 10.8. The number of hydrogen-bond donors (Lipinski definition) is 1. The van der Waals surface area contributed by atoms with E-state index >= 15 is 0 Å². The summed E-state index contributed by atoms with van der Waals surface area (Å²) in [6, 6.07) is 0. The van der Waals surface area contributed by atoms with Gasteiger partial charge in [0.2, 0.25) is 5.91 Å². The lowest BCUT2D eigenvalue weighted by Crippen LogP contribution is -2.29. The van der Waals surface area contributed by atoms with Gasteiger partial charge in [-0.3, -0.25) is 4.79 Å². The van der Waals surface area contributed by atoms with Crippen molar-refractivity contribution in [3.8, 4) is 0 Å². The largest absolute Gasteiger partial charge is 0.497 e. The van der Waals surface area contributed by atoms with Crippen molar-refractivity contribution < 1.29 is 15.7 Å². The Morgan fingerprint density at radius 3 is 2.83 bits per heavy atom. The van der Waals surface area contributed by atoms with E-state index in [1.165, 1.54) is 7.11 Å². The number of nitrogens with one attached hydrogen (secondary N) is 1. The van der Waals surface area contributed by atoms with E-state index in [0.29, 0.717) is 18.9 Å². The second-order valence-electron chi connectivity index (χ2n) is 2.18. The van der Waals surface area contributed by atoms with Crippen molar-refractivity contribution in [1.29, 1.82) is 0 Å². The predicted molar refractivity (Wildman–Crippen MR) is 47.8 cm³/mol. The van der Waals surface area contributed by atoms with Gasteiger partial charge in [0, 0.05) is 8.54 Å². The first kappa shape index (κ1) is 11.0. The molecule has 0 aliphatic heterocycles. The van der Waals surface area contributed by atoms with E-state index in [9.17, 15) is 4.79 Å². The molecule has 0 rings (SSSR count). The number of amides is 1. The van der Waals surface area contributed by atoms with Gasteiger partial charge in [0.1, 0.15) is 12.4 Å². The summed E-state index contributed by atoms with van der Waals surface area (Å²) >= 11 is 0. The molecule has 0 saturated heterocycles. The molecule has 0 bridgehead atoms. The SMILES string of the molecule is C=C(CNC(=O)COC)OCC.[HH]. The van der Waals surface area contributed by atoms with Gasteiger partial charge in [0.15, 0.2) is 0 Å². The first-order valence-electron chi connectivity index (χ1n) is 3.77. The molecule has 1 N–H and O–H groups in total. The van der Waals surface area contributed by atoms with Gasteiger partial charge in [0.05, 0.1) is 13.2 Å². The van der Waals surface area contributed by atoms with Gasteiger partial charge < -0.3 is 14.8 Å². The molecule has 72 valence electrons. The molecule has 0 aromatic heterocycles. The van der Waals surface area contributed by atoms with Crippen LogP contribution in [-0.4, -0.2) is 32.8 Å². The fourth-order valence-corrected chi connectivity index (χ4v) is 0.634. The average molecular weight is 175 g/mol. The third kappa shape index (κ3) is 5.73. The summed E-state index contributed by atoms with van der Waals surface area (Å²) in [5, 5.41) is 2.58. The fourth-order valence-electron chi connectivity index (χ4n) is 0.634. The maximum Gasteiger partial charge on any atom is 0.246 e. The minimum atomic E-state index is -0.168. The van der Waals surface area contributed by atoms with E-state index < -0.39 is 0 Å². The van der Waals surface area contributed by atoms with Crippen LogP contribution in [-0.2, 0) is 14.3 Å². The van der Waals surface area contributed by atoms with E-state index in [0.717, 1.165) is 0 Å². The topological polar surface area (TPSA) is 47.6 Å². The molecule has 0 unspecified atom stereocenters. The number of ether oxygens (including phenoxy) is 2. The van der Waals surface area contributed by atoms with Gasteiger partial charge in [-0.1, -0.05) is 6.58 Å². The highest BCUT2D eigenvalue weighted by atomic mass is 16.5. The van der Waals surface area contributed by atoms with Crippen LogP contribution in [0.1, 0.15) is 8.35 Å². The van der Waals surface area contributed by atoms with Crippen LogP contribution in [0.25, 0.3) is 0 Å². The van der Waals surface area contributed by atoms with Crippen LogP contribution in [0.5, 0.6) is 0 Å². The summed E-state index contributed by atoms with van der Waals surface area (Å²) in [7, 11) is 1.47. The van der Waals surface area contributed by atoms with Crippen LogP contribution in [0.4, 0.5) is 0 Å². The molecule has 0 heterocycles. The van der Waals surface area contributed by atoms with E-state index in [-0.39, 0.29) is 13.9 Å². The molecule has 0 atom stereocenters. The zero-order chi connectivity index (χ0) is 9.40. The number of hydrogen-bond acceptors (Lipinski definition) is 3. The maximum atomic E-state index is 10.8. The lowest BCUT2D eigenvalue weighted by molar-refractivity contribution is -0.124. The molecule has 12 heavy (non-hydrogen) atoms. The second kappa shape index (κ2) is 6.67. The quantitative estimate of drug-likeness (QED) is 0.599. The van der Waals surface area contributed by atoms with Crippen LogP contribution in [0.15, 0.2) is 12.3 Å². The molecule has 0 radical (unpaired) electrons. The Hall–Kier alpha value is -1.03. The standard InChI is InChI=1S/C8H15NO3.H2/c1-4-12-7(2)5-9-8(10)6-11-3;/h2,4-6H2,1,3H3,(H,9,10);1H. The highest BCUT2D eigenvalue weighted by Crippen LogP contribution is 1.89. The number of methoxy groups -OCH3 is 1. The van der Waals surface area contributed by atoms with Gasteiger partial charge >= 0.3 is 0 Å². The van der Waals surface area contributed by atoms with Gasteiger partial charge in [0.25, 0.3) is 0 Å². The van der Waals surface area contributed by atoms with E-state index in [1.54, 1.807) is 0 Å². The maximum absolute atomic E-state index is 10.8. The van der Waals surface area contributed by atoms with Crippen LogP contribution in [0.2, 0.25) is 0 Å². The van der Waals surface area contributed by atoms with Crippen molar-refractivity contribution in [2.75, 3.05) is 26.9 Å². The molecule has 0 aromatic rings. The van der Waals surface area contributed by atoms with Gasteiger partial charge in [-0.05, 0) is 6.92 Å². The van der Waals surface area contributed by atoms with Crippen LogP contribution in [0, 0.1) is 0 Å². The molecule has 4 nitrogen and oxygen atoms in total. The Labute approximate surface area is 74.0 Å².